The second-order valence-corrected chi connectivity index (χ2v) is 5.57. The molecule has 8 heteroatoms. The van der Waals surface area contributed by atoms with Crippen molar-refractivity contribution >= 4 is 18.0 Å². The van der Waals surface area contributed by atoms with E-state index in [-0.39, 0.29) is 13.2 Å². The van der Waals surface area contributed by atoms with Crippen LogP contribution in [0.25, 0.3) is 6.08 Å². The molecule has 0 radical (unpaired) electrons. The third-order valence-corrected chi connectivity index (χ3v) is 3.29. The lowest BCUT2D eigenvalue weighted by molar-refractivity contribution is -0.199. The molecule has 27 heavy (non-hydrogen) atoms. The minimum absolute atomic E-state index is 0.284. The first-order valence-corrected chi connectivity index (χ1v) is 8.61. The highest BCUT2D eigenvalue weighted by molar-refractivity contribution is 5.87. The van der Waals surface area contributed by atoms with E-state index in [1.54, 1.807) is 6.08 Å². The van der Waals surface area contributed by atoms with Crippen molar-refractivity contribution in [3.05, 3.63) is 42.0 Å². The summed E-state index contributed by atoms with van der Waals surface area (Å²) in [4.78, 5) is 22.0. The molecule has 0 aromatic heterocycles. The van der Waals surface area contributed by atoms with Crippen LogP contribution < -0.4 is 0 Å². The van der Waals surface area contributed by atoms with Crippen LogP contribution in [-0.2, 0) is 23.8 Å². The Morgan fingerprint density at radius 3 is 2.00 bits per heavy atom. The van der Waals surface area contributed by atoms with Gasteiger partial charge in [-0.25, -0.2) is 9.59 Å². The molecule has 5 nitrogen and oxygen atoms in total. The van der Waals surface area contributed by atoms with Crippen LogP contribution in [0.4, 0.5) is 13.2 Å². The summed E-state index contributed by atoms with van der Waals surface area (Å²) in [6.45, 7) is 0.825. The fraction of sp³-hybridized carbons (Fsp3) is 0.474. The van der Waals surface area contributed by atoms with Crippen LogP contribution in [0.3, 0.4) is 0 Å². The molecule has 1 rings (SSSR count). The number of carbonyl (C=O) groups is 2. The normalized spacial score (nSPS) is 11.5. The van der Waals surface area contributed by atoms with Crippen LogP contribution in [0.2, 0.25) is 0 Å². The summed E-state index contributed by atoms with van der Waals surface area (Å²) >= 11 is 0. The molecule has 0 amide bonds. The molecule has 0 unspecified atom stereocenters. The highest BCUT2D eigenvalue weighted by atomic mass is 19.4. The zero-order valence-electron chi connectivity index (χ0n) is 14.9. The Labute approximate surface area is 156 Å². The Morgan fingerprint density at radius 1 is 0.852 bits per heavy atom. The molecule has 0 aliphatic heterocycles. The SMILES string of the molecule is O=C(/C=C/c1ccccc1)OCCCCOCCCCOC(=O)C(F)(F)F. The van der Waals surface area contributed by atoms with Crippen LogP contribution in [0.5, 0.6) is 0 Å². The number of carbonyl (C=O) groups excluding carboxylic acids is 2. The first kappa shape index (κ1) is 22.7. The summed E-state index contributed by atoms with van der Waals surface area (Å²) in [6.07, 6.45) is 0.233. The van der Waals surface area contributed by atoms with Gasteiger partial charge in [-0.1, -0.05) is 30.3 Å². The monoisotopic (exact) mass is 388 g/mol. The summed E-state index contributed by atoms with van der Waals surface area (Å²) in [5.74, 6) is -2.58. The molecule has 0 saturated heterocycles. The molecule has 0 heterocycles. The number of alkyl halides is 3. The van der Waals surface area contributed by atoms with Crippen molar-refractivity contribution in [3.8, 4) is 0 Å². The molecule has 0 saturated carbocycles. The molecule has 0 N–H and O–H groups in total. The van der Waals surface area contributed by atoms with Gasteiger partial charge >= 0.3 is 18.1 Å². The highest BCUT2D eigenvalue weighted by Crippen LogP contribution is 2.16. The van der Waals surface area contributed by atoms with E-state index in [4.69, 9.17) is 9.47 Å². The van der Waals surface area contributed by atoms with Gasteiger partial charge in [-0.2, -0.15) is 13.2 Å². The summed E-state index contributed by atoms with van der Waals surface area (Å²) in [5.41, 5.74) is 0.913. The van der Waals surface area contributed by atoms with Crippen molar-refractivity contribution in [1.82, 2.24) is 0 Å². The Kier molecular flexibility index (Phi) is 10.9. The number of ether oxygens (including phenoxy) is 3. The van der Waals surface area contributed by atoms with Crippen molar-refractivity contribution in [3.63, 3.8) is 0 Å². The molecule has 1 aromatic carbocycles. The number of esters is 2. The van der Waals surface area contributed by atoms with E-state index in [0.29, 0.717) is 38.9 Å². The van der Waals surface area contributed by atoms with Crippen LogP contribution in [0, 0.1) is 0 Å². The molecule has 0 fully saturated rings. The average molecular weight is 388 g/mol. The number of hydrogen-bond donors (Lipinski definition) is 0. The maximum absolute atomic E-state index is 11.9. The third kappa shape index (κ3) is 11.8. The Hall–Kier alpha value is -2.35. The Balaban J connectivity index is 1.91. The van der Waals surface area contributed by atoms with Crippen molar-refractivity contribution in [2.45, 2.75) is 31.9 Å². The second kappa shape index (κ2) is 12.9. The van der Waals surface area contributed by atoms with E-state index in [9.17, 15) is 22.8 Å². The summed E-state index contributed by atoms with van der Waals surface area (Å²) < 4.78 is 50.0. The standard InChI is InChI=1S/C19H23F3O5/c20-19(21,22)18(24)27-15-7-5-13-25-12-4-6-14-26-17(23)11-10-16-8-2-1-3-9-16/h1-3,8-11H,4-7,12-15H2/b11-10+. The van der Waals surface area contributed by atoms with E-state index >= 15 is 0 Å². The maximum Gasteiger partial charge on any atom is 0.490 e. The van der Waals surface area contributed by atoms with E-state index in [2.05, 4.69) is 4.74 Å². The van der Waals surface area contributed by atoms with Gasteiger partial charge in [0.2, 0.25) is 0 Å². The molecule has 0 aliphatic carbocycles. The van der Waals surface area contributed by atoms with Crippen LogP contribution in [0.1, 0.15) is 31.2 Å². The van der Waals surface area contributed by atoms with Crippen LogP contribution in [-0.4, -0.2) is 44.5 Å². The fourth-order valence-corrected chi connectivity index (χ4v) is 1.91. The van der Waals surface area contributed by atoms with Gasteiger partial charge in [0.05, 0.1) is 13.2 Å². The van der Waals surface area contributed by atoms with Gasteiger partial charge in [0.15, 0.2) is 0 Å². The van der Waals surface area contributed by atoms with E-state index in [1.807, 2.05) is 30.3 Å². The molecule has 1 aromatic rings. The minimum Gasteiger partial charge on any atom is -0.463 e. The van der Waals surface area contributed by atoms with E-state index in [0.717, 1.165) is 5.56 Å². The number of hydrogen-bond acceptors (Lipinski definition) is 5. The summed E-state index contributed by atoms with van der Waals surface area (Å²) in [5, 5.41) is 0. The summed E-state index contributed by atoms with van der Waals surface area (Å²) in [6, 6.07) is 9.39. The number of unbranched alkanes of at least 4 members (excludes halogenated alkanes) is 2. The van der Waals surface area contributed by atoms with Gasteiger partial charge < -0.3 is 14.2 Å². The van der Waals surface area contributed by atoms with Crippen LogP contribution in [0.15, 0.2) is 36.4 Å². The predicted octanol–water partition coefficient (Wildman–Crippen LogP) is 3.93. The molecule has 0 aliphatic rings. The average Bonchev–Trinajstić information content (AvgIpc) is 2.64. The van der Waals surface area contributed by atoms with Crippen molar-refractivity contribution < 1.29 is 37.0 Å². The van der Waals surface area contributed by atoms with Gasteiger partial charge in [-0.05, 0) is 37.3 Å². The van der Waals surface area contributed by atoms with Gasteiger partial charge in [0, 0.05) is 19.3 Å². The molecule has 150 valence electrons. The quantitative estimate of drug-likeness (QED) is 0.309. The van der Waals surface area contributed by atoms with Crippen molar-refractivity contribution in [2.24, 2.45) is 0 Å². The summed E-state index contributed by atoms with van der Waals surface area (Å²) in [7, 11) is 0. The Morgan fingerprint density at radius 2 is 1.41 bits per heavy atom. The highest BCUT2D eigenvalue weighted by Gasteiger charge is 2.40. The topological polar surface area (TPSA) is 61.8 Å². The van der Waals surface area contributed by atoms with Crippen LogP contribution >= 0.6 is 0 Å². The molecular weight excluding hydrogens is 365 g/mol. The minimum atomic E-state index is -4.95. The smallest absolute Gasteiger partial charge is 0.463 e. The number of benzene rings is 1. The first-order valence-electron chi connectivity index (χ1n) is 8.61. The van der Waals surface area contributed by atoms with E-state index in [1.165, 1.54) is 6.08 Å². The molecular formula is C19H23F3O5. The van der Waals surface area contributed by atoms with Crippen molar-refractivity contribution in [2.75, 3.05) is 26.4 Å². The fourth-order valence-electron chi connectivity index (χ4n) is 1.91. The number of halogens is 3. The van der Waals surface area contributed by atoms with Gasteiger partial charge in [-0.3, -0.25) is 0 Å². The predicted molar refractivity (Wildman–Crippen MR) is 92.7 cm³/mol. The molecule has 0 atom stereocenters. The zero-order chi connectivity index (χ0) is 20.0. The lowest BCUT2D eigenvalue weighted by Crippen LogP contribution is -2.25. The molecule has 0 bridgehead atoms. The van der Waals surface area contributed by atoms with Gasteiger partial charge in [0.1, 0.15) is 0 Å². The Bertz CT molecular complexity index is 585. The first-order chi connectivity index (χ1) is 12.9. The van der Waals surface area contributed by atoms with E-state index < -0.39 is 18.1 Å². The zero-order valence-corrected chi connectivity index (χ0v) is 14.9. The molecule has 0 spiro atoms. The largest absolute Gasteiger partial charge is 0.490 e. The number of rotatable bonds is 12. The third-order valence-electron chi connectivity index (χ3n) is 3.29. The lowest BCUT2D eigenvalue weighted by atomic mass is 10.2. The van der Waals surface area contributed by atoms with Gasteiger partial charge in [-0.15, -0.1) is 0 Å². The second-order valence-electron chi connectivity index (χ2n) is 5.57. The maximum atomic E-state index is 11.9. The van der Waals surface area contributed by atoms with Crippen molar-refractivity contribution in [1.29, 1.82) is 0 Å². The van der Waals surface area contributed by atoms with Gasteiger partial charge in [0.25, 0.3) is 0 Å². The lowest BCUT2D eigenvalue weighted by Gasteiger charge is -2.07.